The van der Waals surface area contributed by atoms with Gasteiger partial charge in [-0.2, -0.15) is 0 Å². The monoisotopic (exact) mass is 210 g/mol. The van der Waals surface area contributed by atoms with Gasteiger partial charge in [-0.1, -0.05) is 12.8 Å². The van der Waals surface area contributed by atoms with E-state index in [1.54, 1.807) is 0 Å². The molecule has 2 rings (SSSR count). The molecule has 1 aliphatic heterocycles. The van der Waals surface area contributed by atoms with E-state index < -0.39 is 0 Å². The van der Waals surface area contributed by atoms with Crippen LogP contribution in [0.15, 0.2) is 0 Å². The molecule has 3 nitrogen and oxygen atoms in total. The predicted molar refractivity (Wildman–Crippen MR) is 60.3 cm³/mol. The summed E-state index contributed by atoms with van der Waals surface area (Å²) in [6, 6.07) is 0.561. The van der Waals surface area contributed by atoms with Crippen molar-refractivity contribution in [2.24, 2.45) is 11.7 Å². The molecule has 0 spiro atoms. The van der Waals surface area contributed by atoms with Crippen molar-refractivity contribution in [3.05, 3.63) is 0 Å². The zero-order valence-electron chi connectivity index (χ0n) is 9.61. The van der Waals surface area contributed by atoms with Gasteiger partial charge >= 0.3 is 0 Å². The lowest BCUT2D eigenvalue weighted by atomic mass is 9.78. The maximum absolute atomic E-state index is 11.3. The third-order valence-electron chi connectivity index (χ3n) is 4.20. The summed E-state index contributed by atoms with van der Waals surface area (Å²) in [6.45, 7) is 3.02. The van der Waals surface area contributed by atoms with Crippen LogP contribution in [0.2, 0.25) is 0 Å². The lowest BCUT2D eigenvalue weighted by Gasteiger charge is -2.46. The summed E-state index contributed by atoms with van der Waals surface area (Å²) < 4.78 is 0. The summed E-state index contributed by atoms with van der Waals surface area (Å²) >= 11 is 0. The van der Waals surface area contributed by atoms with E-state index >= 15 is 0 Å². The molecule has 86 valence electrons. The summed E-state index contributed by atoms with van der Waals surface area (Å²) in [6.07, 6.45) is 7.91. The minimum atomic E-state index is -0.166. The molecule has 2 N–H and O–H groups in total. The maximum atomic E-state index is 11.3. The number of carbonyl (C=O) groups is 1. The highest BCUT2D eigenvalue weighted by Crippen LogP contribution is 2.36. The van der Waals surface area contributed by atoms with Gasteiger partial charge in [-0.25, -0.2) is 0 Å². The van der Waals surface area contributed by atoms with Crippen LogP contribution in [0.4, 0.5) is 0 Å². The van der Waals surface area contributed by atoms with E-state index in [9.17, 15) is 4.79 Å². The van der Waals surface area contributed by atoms with Gasteiger partial charge in [0.15, 0.2) is 0 Å². The number of likely N-dealkylation sites (tertiary alicyclic amines) is 1. The van der Waals surface area contributed by atoms with Crippen LogP contribution in [0.5, 0.6) is 0 Å². The highest BCUT2D eigenvalue weighted by molar-refractivity contribution is 5.79. The van der Waals surface area contributed by atoms with Crippen molar-refractivity contribution in [3.63, 3.8) is 0 Å². The van der Waals surface area contributed by atoms with E-state index in [-0.39, 0.29) is 11.9 Å². The van der Waals surface area contributed by atoms with E-state index in [4.69, 9.17) is 5.73 Å². The van der Waals surface area contributed by atoms with E-state index in [1.807, 2.05) is 6.92 Å². The van der Waals surface area contributed by atoms with Gasteiger partial charge in [-0.05, 0) is 45.1 Å². The molecular weight excluding hydrogens is 188 g/mol. The molecule has 0 radical (unpaired) electrons. The molecule has 1 saturated carbocycles. The fraction of sp³-hybridized carbons (Fsp3) is 0.917. The quantitative estimate of drug-likeness (QED) is 0.751. The van der Waals surface area contributed by atoms with Gasteiger partial charge in [-0.15, -0.1) is 0 Å². The molecule has 1 unspecified atom stereocenters. The predicted octanol–water partition coefficient (Wildman–Crippen LogP) is 1.51. The summed E-state index contributed by atoms with van der Waals surface area (Å²) in [5.41, 5.74) is 5.41. The van der Waals surface area contributed by atoms with Crippen LogP contribution in [0.25, 0.3) is 0 Å². The van der Waals surface area contributed by atoms with Crippen molar-refractivity contribution in [2.75, 3.05) is 6.54 Å². The van der Waals surface area contributed by atoms with Crippen LogP contribution in [-0.2, 0) is 4.79 Å². The second-order valence-corrected chi connectivity index (χ2v) is 5.07. The topological polar surface area (TPSA) is 46.3 Å². The van der Waals surface area contributed by atoms with Crippen LogP contribution in [0.1, 0.15) is 45.4 Å². The number of carbonyl (C=O) groups excluding carboxylic acids is 1. The van der Waals surface area contributed by atoms with Gasteiger partial charge < -0.3 is 5.73 Å². The van der Waals surface area contributed by atoms with Gasteiger partial charge in [0.25, 0.3) is 0 Å². The molecule has 1 aliphatic carbocycles. The van der Waals surface area contributed by atoms with Crippen LogP contribution < -0.4 is 5.73 Å². The number of primary amides is 1. The molecule has 0 bridgehead atoms. The Labute approximate surface area is 92.0 Å². The lowest BCUT2D eigenvalue weighted by Crippen LogP contribution is -2.54. The summed E-state index contributed by atoms with van der Waals surface area (Å²) in [5, 5.41) is 0. The zero-order valence-corrected chi connectivity index (χ0v) is 9.61. The minimum Gasteiger partial charge on any atom is -0.368 e. The molecule has 15 heavy (non-hydrogen) atoms. The molecule has 2 fully saturated rings. The lowest BCUT2D eigenvalue weighted by molar-refractivity contribution is -0.125. The maximum Gasteiger partial charge on any atom is 0.234 e. The zero-order chi connectivity index (χ0) is 10.8. The Balaban J connectivity index is 2.06. The Hall–Kier alpha value is -0.570. The molecule has 1 saturated heterocycles. The summed E-state index contributed by atoms with van der Waals surface area (Å²) in [4.78, 5) is 13.6. The van der Waals surface area contributed by atoms with Crippen molar-refractivity contribution in [2.45, 2.75) is 57.5 Å². The third kappa shape index (κ3) is 2.17. The first-order valence-electron chi connectivity index (χ1n) is 6.25. The number of hydrogen-bond acceptors (Lipinski definition) is 2. The smallest absolute Gasteiger partial charge is 0.234 e. The molecule has 0 aromatic rings. The fourth-order valence-corrected chi connectivity index (χ4v) is 3.31. The second kappa shape index (κ2) is 4.52. The Bertz CT molecular complexity index is 240. The van der Waals surface area contributed by atoms with E-state index in [0.29, 0.717) is 6.04 Å². The molecule has 1 heterocycles. The number of rotatable bonds is 2. The fourth-order valence-electron chi connectivity index (χ4n) is 3.31. The van der Waals surface area contributed by atoms with E-state index in [1.165, 1.54) is 38.5 Å². The van der Waals surface area contributed by atoms with Gasteiger partial charge in [0.2, 0.25) is 5.91 Å². The first-order chi connectivity index (χ1) is 7.20. The Morgan fingerprint density at radius 2 is 1.93 bits per heavy atom. The number of amides is 1. The van der Waals surface area contributed by atoms with Gasteiger partial charge in [0, 0.05) is 6.04 Å². The average molecular weight is 210 g/mol. The number of hydrogen-bond donors (Lipinski definition) is 1. The number of piperidine rings is 1. The second-order valence-electron chi connectivity index (χ2n) is 5.07. The highest BCUT2D eigenvalue weighted by Gasteiger charge is 2.36. The van der Waals surface area contributed by atoms with E-state index in [0.717, 1.165) is 12.5 Å². The molecule has 1 amide bonds. The average Bonchev–Trinajstić information content (AvgIpc) is 2.27. The Morgan fingerprint density at radius 3 is 2.67 bits per heavy atom. The number of fused-ring (bicyclic) bond motifs is 1. The van der Waals surface area contributed by atoms with Crippen LogP contribution in [0.3, 0.4) is 0 Å². The largest absolute Gasteiger partial charge is 0.368 e. The normalized spacial score (nSPS) is 34.5. The van der Waals surface area contributed by atoms with Gasteiger partial charge in [0.05, 0.1) is 6.04 Å². The molecule has 3 heteroatoms. The highest BCUT2D eigenvalue weighted by atomic mass is 16.1. The van der Waals surface area contributed by atoms with Crippen molar-refractivity contribution in [1.82, 2.24) is 4.90 Å². The summed E-state index contributed by atoms with van der Waals surface area (Å²) in [7, 11) is 0. The van der Waals surface area contributed by atoms with Crippen molar-refractivity contribution >= 4 is 5.91 Å². The van der Waals surface area contributed by atoms with Crippen LogP contribution >= 0.6 is 0 Å². The Kier molecular flexibility index (Phi) is 3.29. The van der Waals surface area contributed by atoms with Crippen LogP contribution in [0, 0.1) is 5.92 Å². The molecule has 3 atom stereocenters. The van der Waals surface area contributed by atoms with E-state index in [2.05, 4.69) is 4.90 Å². The minimum absolute atomic E-state index is 0.0732. The van der Waals surface area contributed by atoms with Crippen LogP contribution in [-0.4, -0.2) is 29.4 Å². The van der Waals surface area contributed by atoms with Gasteiger partial charge in [-0.3, -0.25) is 9.69 Å². The van der Waals surface area contributed by atoms with Gasteiger partial charge in [0.1, 0.15) is 0 Å². The van der Waals surface area contributed by atoms with Crippen molar-refractivity contribution < 1.29 is 4.79 Å². The Morgan fingerprint density at radius 1 is 1.27 bits per heavy atom. The first-order valence-corrected chi connectivity index (χ1v) is 6.25. The van der Waals surface area contributed by atoms with Crippen molar-refractivity contribution in [3.8, 4) is 0 Å². The molecule has 0 aromatic carbocycles. The molecule has 0 aromatic heterocycles. The number of nitrogens with two attached hydrogens (primary N) is 1. The standard InChI is InChI=1S/C12H22N2O/c1-9(12(13)15)14-8-4-6-10-5-2-3-7-11(10)14/h9-11H,2-8H2,1H3,(H2,13,15)/t9?,10-,11-/m1/s1. The molecular formula is C12H22N2O. The first kappa shape index (κ1) is 10.9. The summed E-state index contributed by atoms with van der Waals surface area (Å²) in [5.74, 6) is 0.663. The SMILES string of the molecule is CC(C(N)=O)N1CCC[C@H]2CCCC[C@H]21. The molecule has 2 aliphatic rings. The third-order valence-corrected chi connectivity index (χ3v) is 4.20. The van der Waals surface area contributed by atoms with Crippen molar-refractivity contribution in [1.29, 1.82) is 0 Å². The number of nitrogens with zero attached hydrogens (tertiary/aromatic N) is 1.